The molecule has 1 aromatic rings. The van der Waals surface area contributed by atoms with Crippen LogP contribution in [0.15, 0.2) is 18.2 Å². The van der Waals surface area contributed by atoms with E-state index in [9.17, 15) is 4.79 Å². The van der Waals surface area contributed by atoms with E-state index >= 15 is 0 Å². The Morgan fingerprint density at radius 3 is 2.90 bits per heavy atom. The minimum Gasteiger partial charge on any atom is -0.397 e. The molecule has 20 heavy (non-hydrogen) atoms. The summed E-state index contributed by atoms with van der Waals surface area (Å²) >= 11 is 0. The van der Waals surface area contributed by atoms with Crippen molar-refractivity contribution < 1.29 is 9.53 Å². The molecule has 1 aliphatic rings. The van der Waals surface area contributed by atoms with Gasteiger partial charge < -0.3 is 21.1 Å². The normalized spacial score (nSPS) is 18.2. The minimum atomic E-state index is -0.0997. The second-order valence-electron chi connectivity index (χ2n) is 5.45. The third-order valence-corrected chi connectivity index (χ3v) is 3.28. The molecule has 2 rings (SSSR count). The predicted octanol–water partition coefficient (Wildman–Crippen LogP) is 2.00. The number of rotatable bonds is 5. The van der Waals surface area contributed by atoms with Crippen molar-refractivity contribution in [2.24, 2.45) is 0 Å². The molecule has 0 saturated carbocycles. The third kappa shape index (κ3) is 3.87. The van der Waals surface area contributed by atoms with E-state index in [4.69, 9.17) is 10.5 Å². The number of hydrogen-bond acceptors (Lipinski definition) is 4. The highest BCUT2D eigenvalue weighted by atomic mass is 16.5. The second kappa shape index (κ2) is 6.61. The van der Waals surface area contributed by atoms with Crippen LogP contribution in [0.3, 0.4) is 0 Å². The van der Waals surface area contributed by atoms with Gasteiger partial charge in [-0.25, -0.2) is 0 Å². The van der Waals surface area contributed by atoms with Gasteiger partial charge in [0.1, 0.15) is 0 Å². The molecule has 1 atom stereocenters. The molecule has 5 heteroatoms. The van der Waals surface area contributed by atoms with Crippen LogP contribution in [-0.2, 0) is 4.74 Å². The van der Waals surface area contributed by atoms with Gasteiger partial charge in [0, 0.05) is 24.8 Å². The first kappa shape index (κ1) is 14.7. The molecule has 0 aromatic heterocycles. The Labute approximate surface area is 119 Å². The van der Waals surface area contributed by atoms with E-state index < -0.39 is 0 Å². The Hall–Kier alpha value is -1.75. The number of anilines is 2. The van der Waals surface area contributed by atoms with E-state index in [1.54, 1.807) is 12.1 Å². The first-order valence-corrected chi connectivity index (χ1v) is 7.12. The van der Waals surface area contributed by atoms with Gasteiger partial charge >= 0.3 is 0 Å². The average molecular weight is 277 g/mol. The standard InChI is InChI=1S/C15H23N3O2/c1-10(2)18-15(19)11-5-6-14(13(16)8-11)17-9-12-4-3-7-20-12/h5-6,8,10,12,17H,3-4,7,9,16H2,1-2H3,(H,18,19). The fraction of sp³-hybridized carbons (Fsp3) is 0.533. The number of hydrogen-bond donors (Lipinski definition) is 3. The van der Waals surface area contributed by atoms with Crippen LogP contribution >= 0.6 is 0 Å². The summed E-state index contributed by atoms with van der Waals surface area (Å²) in [6, 6.07) is 5.45. The van der Waals surface area contributed by atoms with Gasteiger partial charge in [-0.1, -0.05) is 0 Å². The molecule has 5 nitrogen and oxygen atoms in total. The van der Waals surface area contributed by atoms with Gasteiger partial charge in [-0.3, -0.25) is 4.79 Å². The summed E-state index contributed by atoms with van der Waals surface area (Å²) in [5.41, 5.74) is 8.01. The monoisotopic (exact) mass is 277 g/mol. The Morgan fingerprint density at radius 2 is 2.30 bits per heavy atom. The maximum Gasteiger partial charge on any atom is 0.251 e. The molecule has 1 fully saturated rings. The maximum atomic E-state index is 11.9. The van der Waals surface area contributed by atoms with Crippen LogP contribution in [0.25, 0.3) is 0 Å². The number of benzene rings is 1. The molecule has 0 radical (unpaired) electrons. The minimum absolute atomic E-state index is 0.0997. The van der Waals surface area contributed by atoms with Crippen LogP contribution in [0.5, 0.6) is 0 Å². The Balaban J connectivity index is 1.96. The number of ether oxygens (including phenoxy) is 1. The first-order chi connectivity index (χ1) is 9.56. The molecule has 0 bridgehead atoms. The molecule has 0 spiro atoms. The molecule has 1 amide bonds. The highest BCUT2D eigenvalue weighted by Crippen LogP contribution is 2.21. The largest absolute Gasteiger partial charge is 0.397 e. The van der Waals surface area contributed by atoms with Gasteiger partial charge in [-0.15, -0.1) is 0 Å². The van der Waals surface area contributed by atoms with E-state index in [1.165, 1.54) is 0 Å². The topological polar surface area (TPSA) is 76.4 Å². The van der Waals surface area contributed by atoms with E-state index in [-0.39, 0.29) is 18.1 Å². The van der Waals surface area contributed by atoms with E-state index in [2.05, 4.69) is 10.6 Å². The smallest absolute Gasteiger partial charge is 0.251 e. The van der Waals surface area contributed by atoms with Gasteiger partial charge in [0.2, 0.25) is 0 Å². The summed E-state index contributed by atoms with van der Waals surface area (Å²) in [5, 5.41) is 6.13. The molecular weight excluding hydrogens is 254 g/mol. The van der Waals surface area contributed by atoms with Gasteiger partial charge in [0.05, 0.1) is 17.5 Å². The quantitative estimate of drug-likeness (QED) is 0.719. The maximum absolute atomic E-state index is 11.9. The summed E-state index contributed by atoms with van der Waals surface area (Å²) in [4.78, 5) is 11.9. The van der Waals surface area contributed by atoms with Crippen molar-refractivity contribution >= 4 is 17.3 Å². The highest BCUT2D eigenvalue weighted by Gasteiger charge is 2.15. The molecule has 4 N–H and O–H groups in total. The second-order valence-corrected chi connectivity index (χ2v) is 5.45. The molecule has 1 unspecified atom stereocenters. The Kier molecular flexibility index (Phi) is 4.84. The van der Waals surface area contributed by atoms with Crippen LogP contribution in [0.4, 0.5) is 11.4 Å². The first-order valence-electron chi connectivity index (χ1n) is 7.12. The zero-order valence-corrected chi connectivity index (χ0v) is 12.1. The van der Waals surface area contributed by atoms with E-state index in [0.717, 1.165) is 31.7 Å². The van der Waals surface area contributed by atoms with Crippen molar-refractivity contribution in [1.82, 2.24) is 5.32 Å². The average Bonchev–Trinajstić information content (AvgIpc) is 2.89. The van der Waals surface area contributed by atoms with Gasteiger partial charge in [-0.2, -0.15) is 0 Å². The summed E-state index contributed by atoms with van der Waals surface area (Å²) in [6.45, 7) is 5.45. The van der Waals surface area contributed by atoms with Crippen LogP contribution in [0.2, 0.25) is 0 Å². The SMILES string of the molecule is CC(C)NC(=O)c1ccc(NCC2CCCO2)c(N)c1. The van der Waals surface area contributed by atoms with Crippen LogP contribution in [-0.4, -0.2) is 31.2 Å². The molecule has 0 aliphatic carbocycles. The zero-order chi connectivity index (χ0) is 14.5. The Bertz CT molecular complexity index is 468. The Morgan fingerprint density at radius 1 is 1.50 bits per heavy atom. The van der Waals surface area contributed by atoms with E-state index in [1.807, 2.05) is 19.9 Å². The predicted molar refractivity (Wildman–Crippen MR) is 80.9 cm³/mol. The number of carbonyl (C=O) groups is 1. The zero-order valence-electron chi connectivity index (χ0n) is 12.1. The van der Waals surface area contributed by atoms with Crippen molar-refractivity contribution in [3.05, 3.63) is 23.8 Å². The number of amides is 1. The van der Waals surface area contributed by atoms with Crippen molar-refractivity contribution in [3.8, 4) is 0 Å². The van der Waals surface area contributed by atoms with Crippen molar-refractivity contribution in [3.63, 3.8) is 0 Å². The number of nitrogens with one attached hydrogen (secondary N) is 2. The van der Waals surface area contributed by atoms with Crippen LogP contribution < -0.4 is 16.4 Å². The summed E-state index contributed by atoms with van der Waals surface area (Å²) < 4.78 is 5.55. The third-order valence-electron chi connectivity index (χ3n) is 3.28. The lowest BCUT2D eigenvalue weighted by molar-refractivity contribution is 0.0943. The number of carbonyl (C=O) groups excluding carboxylic acids is 1. The molecule has 110 valence electrons. The lowest BCUT2D eigenvalue weighted by Crippen LogP contribution is -2.30. The van der Waals surface area contributed by atoms with Crippen LogP contribution in [0, 0.1) is 0 Å². The van der Waals surface area contributed by atoms with Crippen molar-refractivity contribution in [2.75, 3.05) is 24.2 Å². The van der Waals surface area contributed by atoms with Gasteiger partial charge in [0.15, 0.2) is 0 Å². The summed E-state index contributed by atoms with van der Waals surface area (Å²) in [5.74, 6) is -0.0997. The number of nitrogens with two attached hydrogens (primary N) is 1. The summed E-state index contributed by atoms with van der Waals surface area (Å²) in [7, 11) is 0. The van der Waals surface area contributed by atoms with Crippen molar-refractivity contribution in [1.29, 1.82) is 0 Å². The lowest BCUT2D eigenvalue weighted by Gasteiger charge is -2.15. The lowest BCUT2D eigenvalue weighted by atomic mass is 10.1. The van der Waals surface area contributed by atoms with Crippen LogP contribution in [0.1, 0.15) is 37.0 Å². The van der Waals surface area contributed by atoms with Crippen molar-refractivity contribution in [2.45, 2.75) is 38.8 Å². The van der Waals surface area contributed by atoms with Gasteiger partial charge in [0.25, 0.3) is 5.91 Å². The fourth-order valence-corrected chi connectivity index (χ4v) is 2.24. The molecule has 1 saturated heterocycles. The molecule has 1 heterocycles. The molecular formula is C15H23N3O2. The number of nitrogen functional groups attached to an aromatic ring is 1. The highest BCUT2D eigenvalue weighted by molar-refractivity contribution is 5.96. The molecule has 1 aliphatic heterocycles. The van der Waals surface area contributed by atoms with Gasteiger partial charge in [-0.05, 0) is 44.9 Å². The fourth-order valence-electron chi connectivity index (χ4n) is 2.24. The molecule has 1 aromatic carbocycles. The summed E-state index contributed by atoms with van der Waals surface area (Å²) in [6.07, 6.45) is 2.47. The van der Waals surface area contributed by atoms with E-state index in [0.29, 0.717) is 11.3 Å².